The van der Waals surface area contributed by atoms with Crippen LogP contribution in [-0.4, -0.2) is 35.4 Å². The van der Waals surface area contributed by atoms with E-state index in [4.69, 9.17) is 9.47 Å². The van der Waals surface area contributed by atoms with Gasteiger partial charge in [0.1, 0.15) is 12.2 Å². The molecule has 5 aliphatic carbocycles. The lowest BCUT2D eigenvalue weighted by atomic mass is 9.35. The van der Waals surface area contributed by atoms with Gasteiger partial charge in [-0.15, -0.1) is 0 Å². The second-order valence-corrected chi connectivity index (χ2v) is 14.6. The third kappa shape index (κ3) is 3.37. The molecule has 6 aliphatic rings. The van der Waals surface area contributed by atoms with E-state index in [1.165, 1.54) is 38.5 Å². The molecule has 206 valence electrons. The summed E-state index contributed by atoms with van der Waals surface area (Å²) >= 11 is 0. The van der Waals surface area contributed by atoms with Crippen molar-refractivity contribution in [2.45, 2.75) is 130 Å². The summed E-state index contributed by atoms with van der Waals surface area (Å²) in [6, 6.07) is 0. The fraction of sp³-hybridized carbons (Fsp3) is 0.875. The molecule has 4 saturated carbocycles. The minimum atomic E-state index is -0.686. The molecule has 0 aromatic rings. The molecule has 0 aromatic carbocycles. The Morgan fingerprint density at radius 1 is 1.08 bits per heavy atom. The largest absolute Gasteiger partial charge is 0.461 e. The SMILES string of the molecule is CC[C@H](O)CC(=O)O[C@H]1C[C@@H]2[C@@]3(C)CCC[C@@]4(C[C@@H]4C)[C@@H]3CC[C@@]2(C)[C@@H]2CCC3=C(C(=O)O[C@H]3C)[C@@]12C. The van der Waals surface area contributed by atoms with Crippen LogP contribution in [0.15, 0.2) is 11.1 Å². The van der Waals surface area contributed by atoms with Crippen LogP contribution in [-0.2, 0) is 19.1 Å². The average Bonchev–Trinajstić information content (AvgIpc) is 3.35. The number of aliphatic hydroxyl groups excluding tert-OH is 1. The molecule has 1 spiro atoms. The van der Waals surface area contributed by atoms with Crippen LogP contribution in [0.2, 0.25) is 0 Å². The van der Waals surface area contributed by atoms with Crippen LogP contribution in [0, 0.1) is 45.3 Å². The third-order valence-corrected chi connectivity index (χ3v) is 13.2. The van der Waals surface area contributed by atoms with Crippen LogP contribution in [0.25, 0.3) is 0 Å². The summed E-state index contributed by atoms with van der Waals surface area (Å²) in [5.74, 6) is 1.79. The van der Waals surface area contributed by atoms with Crippen molar-refractivity contribution in [3.8, 4) is 0 Å². The van der Waals surface area contributed by atoms with E-state index < -0.39 is 11.5 Å². The van der Waals surface area contributed by atoms with E-state index >= 15 is 0 Å². The number of esters is 2. The van der Waals surface area contributed by atoms with Crippen LogP contribution < -0.4 is 0 Å². The highest BCUT2D eigenvalue weighted by Gasteiger charge is 2.72. The van der Waals surface area contributed by atoms with E-state index in [0.29, 0.717) is 17.8 Å². The lowest BCUT2D eigenvalue weighted by Crippen LogP contribution is -2.65. The highest BCUT2D eigenvalue weighted by atomic mass is 16.6. The molecule has 1 N–H and O–H groups in total. The molecule has 0 aromatic heterocycles. The standard InChI is InChI=1S/C32H48O5/c1-7-20(33)15-26(34)37-25-16-24-29(4)12-8-13-32(17-18(32)2)23(29)11-14-30(24,5)22-10-9-21-19(3)36-28(35)27(21)31(22,25)6/h18-20,22-25,33H,7-17H2,1-6H3/t18-,19-,20-,22-,23+,24+,25-,29-,30-,31+,32-/m0/s1. The van der Waals surface area contributed by atoms with Crippen LogP contribution in [0.3, 0.4) is 0 Å². The van der Waals surface area contributed by atoms with Crippen LogP contribution in [0.5, 0.6) is 0 Å². The first-order valence-electron chi connectivity index (χ1n) is 15.2. The monoisotopic (exact) mass is 512 g/mol. The van der Waals surface area contributed by atoms with Gasteiger partial charge in [-0.1, -0.05) is 41.0 Å². The maximum atomic E-state index is 13.4. The molecule has 6 rings (SSSR count). The molecule has 0 amide bonds. The van der Waals surface area contributed by atoms with Crippen molar-refractivity contribution in [3.63, 3.8) is 0 Å². The van der Waals surface area contributed by atoms with Gasteiger partial charge < -0.3 is 14.6 Å². The molecular weight excluding hydrogens is 464 g/mol. The van der Waals surface area contributed by atoms with Gasteiger partial charge in [-0.2, -0.15) is 0 Å². The van der Waals surface area contributed by atoms with Gasteiger partial charge in [0, 0.05) is 11.0 Å². The predicted molar refractivity (Wildman–Crippen MR) is 141 cm³/mol. The second-order valence-electron chi connectivity index (χ2n) is 14.6. The summed E-state index contributed by atoms with van der Waals surface area (Å²) in [5.41, 5.74) is 2.27. The van der Waals surface area contributed by atoms with Crippen molar-refractivity contribution in [1.82, 2.24) is 0 Å². The number of cyclic esters (lactones) is 1. The molecule has 37 heavy (non-hydrogen) atoms. The van der Waals surface area contributed by atoms with E-state index in [-0.39, 0.29) is 47.3 Å². The number of carbonyl (C=O) groups is 2. The number of hydrogen-bond donors (Lipinski definition) is 1. The van der Waals surface area contributed by atoms with Gasteiger partial charge >= 0.3 is 11.9 Å². The van der Waals surface area contributed by atoms with Crippen molar-refractivity contribution < 1.29 is 24.2 Å². The molecule has 4 fully saturated rings. The van der Waals surface area contributed by atoms with Crippen LogP contribution in [0.1, 0.15) is 112 Å². The highest BCUT2D eigenvalue weighted by molar-refractivity contribution is 5.94. The zero-order chi connectivity index (χ0) is 26.5. The summed E-state index contributed by atoms with van der Waals surface area (Å²) in [6.07, 6.45) is 9.87. The van der Waals surface area contributed by atoms with Gasteiger partial charge in [-0.3, -0.25) is 4.79 Å². The van der Waals surface area contributed by atoms with Gasteiger partial charge in [0.25, 0.3) is 0 Å². The van der Waals surface area contributed by atoms with Crippen molar-refractivity contribution in [2.75, 3.05) is 0 Å². The summed E-state index contributed by atoms with van der Waals surface area (Å²) in [5, 5.41) is 10.2. The Hall–Kier alpha value is -1.36. The molecular formula is C32H48O5. The fourth-order valence-corrected chi connectivity index (χ4v) is 11.4. The molecule has 1 heterocycles. The fourth-order valence-electron chi connectivity index (χ4n) is 11.4. The third-order valence-electron chi connectivity index (χ3n) is 13.2. The van der Waals surface area contributed by atoms with Gasteiger partial charge in [0.05, 0.1) is 12.5 Å². The van der Waals surface area contributed by atoms with Crippen LogP contribution in [0.4, 0.5) is 0 Å². The smallest absolute Gasteiger partial charge is 0.335 e. The lowest BCUT2D eigenvalue weighted by molar-refractivity contribution is -0.223. The first-order chi connectivity index (χ1) is 17.4. The number of rotatable bonds is 4. The second kappa shape index (κ2) is 8.32. The molecule has 0 saturated heterocycles. The Morgan fingerprint density at radius 3 is 2.46 bits per heavy atom. The van der Waals surface area contributed by atoms with Gasteiger partial charge in [0.15, 0.2) is 0 Å². The lowest BCUT2D eigenvalue weighted by Gasteiger charge is -2.69. The topological polar surface area (TPSA) is 72.8 Å². The summed E-state index contributed by atoms with van der Waals surface area (Å²) in [7, 11) is 0. The Balaban J connectivity index is 1.43. The number of fused-ring (bicyclic) bond motifs is 7. The number of ether oxygens (including phenoxy) is 2. The highest BCUT2D eigenvalue weighted by Crippen LogP contribution is 2.78. The molecule has 11 atom stereocenters. The molecule has 0 radical (unpaired) electrons. The maximum Gasteiger partial charge on any atom is 0.335 e. The van der Waals surface area contributed by atoms with Gasteiger partial charge in [-0.25, -0.2) is 4.79 Å². The Morgan fingerprint density at radius 2 is 1.78 bits per heavy atom. The van der Waals surface area contributed by atoms with Gasteiger partial charge in [-0.05, 0) is 110 Å². The number of hydrogen-bond acceptors (Lipinski definition) is 5. The minimum absolute atomic E-state index is 0.0168. The van der Waals surface area contributed by atoms with Gasteiger partial charge in [0.2, 0.25) is 0 Å². The first-order valence-corrected chi connectivity index (χ1v) is 15.2. The van der Waals surface area contributed by atoms with Crippen molar-refractivity contribution in [3.05, 3.63) is 11.1 Å². The van der Waals surface area contributed by atoms with Crippen molar-refractivity contribution in [2.24, 2.45) is 45.3 Å². The van der Waals surface area contributed by atoms with Crippen LogP contribution >= 0.6 is 0 Å². The van der Waals surface area contributed by atoms with E-state index in [9.17, 15) is 14.7 Å². The normalized spacial score (nSPS) is 50.9. The quantitative estimate of drug-likeness (QED) is 0.443. The molecule has 5 heteroatoms. The maximum absolute atomic E-state index is 13.4. The summed E-state index contributed by atoms with van der Waals surface area (Å²) < 4.78 is 12.2. The molecule has 0 unspecified atom stereocenters. The summed E-state index contributed by atoms with van der Waals surface area (Å²) in [4.78, 5) is 26.5. The Bertz CT molecular complexity index is 1030. The molecule has 1 aliphatic heterocycles. The van der Waals surface area contributed by atoms with Crippen molar-refractivity contribution >= 4 is 11.9 Å². The van der Waals surface area contributed by atoms with E-state index in [1.54, 1.807) is 0 Å². The predicted octanol–water partition coefficient (Wildman–Crippen LogP) is 6.37. The molecule has 0 bridgehead atoms. The Kier molecular flexibility index (Phi) is 5.82. The number of aliphatic hydroxyl groups is 1. The number of carbonyl (C=O) groups excluding carboxylic acids is 2. The first kappa shape index (κ1) is 25.9. The van der Waals surface area contributed by atoms with E-state index in [0.717, 1.165) is 42.2 Å². The van der Waals surface area contributed by atoms with E-state index in [2.05, 4.69) is 27.7 Å². The average molecular weight is 513 g/mol. The molecule has 5 nitrogen and oxygen atoms in total. The Labute approximate surface area is 223 Å². The zero-order valence-electron chi connectivity index (χ0n) is 23.9. The minimum Gasteiger partial charge on any atom is -0.461 e. The summed E-state index contributed by atoms with van der Waals surface area (Å²) in [6.45, 7) is 13.6. The van der Waals surface area contributed by atoms with E-state index in [1.807, 2.05) is 13.8 Å². The van der Waals surface area contributed by atoms with Crippen molar-refractivity contribution in [1.29, 1.82) is 0 Å². The zero-order valence-corrected chi connectivity index (χ0v) is 23.9.